The zero-order valence-electron chi connectivity index (χ0n) is 18.8. The third-order valence-corrected chi connectivity index (χ3v) is 6.88. The maximum atomic E-state index is 13.2. The van der Waals surface area contributed by atoms with Crippen molar-refractivity contribution in [3.8, 4) is 0 Å². The molecule has 31 heavy (non-hydrogen) atoms. The molecule has 2 fully saturated rings. The Hall–Kier alpha value is -2.64. The SMILES string of the molecule is CCC(=O)N1CCC[C@@H]1c1cc2nc(C)c(CCC(=O)N3CCCC[C@@H]3C)c(=O)n2[nH]1. The van der Waals surface area contributed by atoms with Crippen LogP contribution in [0.1, 0.15) is 81.8 Å². The topological polar surface area (TPSA) is 90.8 Å². The second-order valence-corrected chi connectivity index (χ2v) is 8.92. The highest BCUT2D eigenvalue weighted by Gasteiger charge is 2.31. The summed E-state index contributed by atoms with van der Waals surface area (Å²) in [5, 5.41) is 3.19. The van der Waals surface area contributed by atoms with Crippen molar-refractivity contribution in [3.05, 3.63) is 33.4 Å². The summed E-state index contributed by atoms with van der Waals surface area (Å²) in [6.07, 6.45) is 6.28. The van der Waals surface area contributed by atoms with E-state index >= 15 is 0 Å². The molecule has 0 unspecified atom stereocenters. The van der Waals surface area contributed by atoms with Gasteiger partial charge in [-0.1, -0.05) is 6.92 Å². The highest BCUT2D eigenvalue weighted by atomic mass is 16.2. The van der Waals surface area contributed by atoms with Crippen molar-refractivity contribution in [1.82, 2.24) is 24.4 Å². The lowest BCUT2D eigenvalue weighted by molar-refractivity contribution is -0.134. The van der Waals surface area contributed by atoms with Crippen LogP contribution in [0.5, 0.6) is 0 Å². The van der Waals surface area contributed by atoms with Crippen LogP contribution in [-0.4, -0.2) is 55.3 Å². The first kappa shape index (κ1) is 21.6. The van der Waals surface area contributed by atoms with Gasteiger partial charge in [0.2, 0.25) is 11.8 Å². The van der Waals surface area contributed by atoms with Crippen LogP contribution in [0.15, 0.2) is 10.9 Å². The van der Waals surface area contributed by atoms with Gasteiger partial charge in [0.15, 0.2) is 5.65 Å². The van der Waals surface area contributed by atoms with Crippen molar-refractivity contribution < 1.29 is 9.59 Å². The number of rotatable bonds is 5. The molecule has 168 valence electrons. The number of hydrogen-bond donors (Lipinski definition) is 1. The van der Waals surface area contributed by atoms with Gasteiger partial charge in [-0.2, -0.15) is 0 Å². The van der Waals surface area contributed by atoms with E-state index in [4.69, 9.17) is 0 Å². The molecule has 0 bridgehead atoms. The minimum absolute atomic E-state index is 0.0422. The second kappa shape index (κ2) is 8.85. The quantitative estimate of drug-likeness (QED) is 0.794. The van der Waals surface area contributed by atoms with Crippen LogP contribution in [0.4, 0.5) is 0 Å². The summed E-state index contributed by atoms with van der Waals surface area (Å²) in [4.78, 5) is 46.7. The number of aromatic amines is 1. The predicted octanol–water partition coefficient (Wildman–Crippen LogP) is 2.74. The monoisotopic (exact) mass is 427 g/mol. The first-order valence-electron chi connectivity index (χ1n) is 11.6. The van der Waals surface area contributed by atoms with Crippen LogP contribution >= 0.6 is 0 Å². The van der Waals surface area contributed by atoms with Gasteiger partial charge in [0, 0.05) is 49.3 Å². The number of carbonyl (C=O) groups is 2. The molecule has 8 nitrogen and oxygen atoms in total. The zero-order valence-corrected chi connectivity index (χ0v) is 18.8. The Morgan fingerprint density at radius 2 is 1.90 bits per heavy atom. The van der Waals surface area contributed by atoms with Crippen LogP contribution in [0, 0.1) is 6.92 Å². The van der Waals surface area contributed by atoms with Crippen LogP contribution in [-0.2, 0) is 16.0 Å². The van der Waals surface area contributed by atoms with Gasteiger partial charge in [-0.3, -0.25) is 19.5 Å². The molecule has 0 aromatic carbocycles. The average molecular weight is 428 g/mol. The van der Waals surface area contributed by atoms with Crippen molar-refractivity contribution in [2.75, 3.05) is 13.1 Å². The van der Waals surface area contributed by atoms with Crippen molar-refractivity contribution in [3.63, 3.8) is 0 Å². The number of carbonyl (C=O) groups excluding carboxylic acids is 2. The van der Waals surface area contributed by atoms with E-state index in [0.29, 0.717) is 36.2 Å². The van der Waals surface area contributed by atoms with E-state index in [1.165, 1.54) is 10.9 Å². The number of nitrogens with one attached hydrogen (secondary N) is 1. The molecule has 8 heteroatoms. The van der Waals surface area contributed by atoms with Crippen LogP contribution in [0.2, 0.25) is 0 Å². The standard InChI is InChI=1S/C23H33N5O3/c1-4-21(29)27-13-7-9-19(27)18-14-20-24-16(3)17(23(31)28(20)25-18)10-11-22(30)26-12-6-5-8-15(26)2/h14-15,19,25H,4-13H2,1-3H3/t15-,19+/m0/s1. The molecular weight excluding hydrogens is 394 g/mol. The smallest absolute Gasteiger partial charge is 0.276 e. The molecule has 1 N–H and O–H groups in total. The Labute approximate surface area is 182 Å². The molecule has 2 aromatic rings. The Bertz CT molecular complexity index is 1040. The Balaban J connectivity index is 1.56. The minimum atomic E-state index is -0.153. The predicted molar refractivity (Wildman–Crippen MR) is 118 cm³/mol. The second-order valence-electron chi connectivity index (χ2n) is 8.92. The Morgan fingerprint density at radius 1 is 1.13 bits per heavy atom. The fraction of sp³-hybridized carbons (Fsp3) is 0.652. The molecular formula is C23H33N5O3. The number of piperidine rings is 1. The summed E-state index contributed by atoms with van der Waals surface area (Å²) in [6, 6.07) is 2.11. The van der Waals surface area contributed by atoms with Crippen molar-refractivity contribution in [2.24, 2.45) is 0 Å². The largest absolute Gasteiger partial charge is 0.340 e. The number of amides is 2. The maximum Gasteiger partial charge on any atom is 0.276 e. The molecule has 2 aliphatic heterocycles. The van der Waals surface area contributed by atoms with E-state index in [1.54, 1.807) is 0 Å². The van der Waals surface area contributed by atoms with Gasteiger partial charge < -0.3 is 9.80 Å². The van der Waals surface area contributed by atoms with Gasteiger partial charge in [0.05, 0.1) is 11.7 Å². The summed E-state index contributed by atoms with van der Waals surface area (Å²) in [6.45, 7) is 7.36. The fourth-order valence-electron chi connectivity index (χ4n) is 5.08. The van der Waals surface area contributed by atoms with Crippen LogP contribution in [0.25, 0.3) is 5.65 Å². The van der Waals surface area contributed by atoms with Gasteiger partial charge in [-0.25, -0.2) is 9.50 Å². The van der Waals surface area contributed by atoms with Crippen molar-refractivity contribution in [2.45, 2.75) is 84.2 Å². The molecule has 2 aliphatic rings. The third kappa shape index (κ3) is 4.12. The first-order valence-corrected chi connectivity index (χ1v) is 11.6. The lowest BCUT2D eigenvalue weighted by atomic mass is 10.0. The summed E-state index contributed by atoms with van der Waals surface area (Å²) >= 11 is 0. The van der Waals surface area contributed by atoms with E-state index in [-0.39, 0.29) is 29.5 Å². The molecule has 2 aromatic heterocycles. The molecule has 0 saturated carbocycles. The lowest BCUT2D eigenvalue weighted by Crippen LogP contribution is -2.42. The van der Waals surface area contributed by atoms with Crippen LogP contribution in [0.3, 0.4) is 0 Å². The van der Waals surface area contributed by atoms with Gasteiger partial charge in [0.1, 0.15) is 0 Å². The van der Waals surface area contributed by atoms with Gasteiger partial charge >= 0.3 is 0 Å². The zero-order chi connectivity index (χ0) is 22.1. The highest BCUT2D eigenvalue weighted by molar-refractivity contribution is 5.77. The Morgan fingerprint density at radius 3 is 2.65 bits per heavy atom. The number of likely N-dealkylation sites (tertiary alicyclic amines) is 2. The molecule has 4 rings (SSSR count). The van der Waals surface area contributed by atoms with Gasteiger partial charge in [0.25, 0.3) is 5.56 Å². The molecule has 2 atom stereocenters. The first-order chi connectivity index (χ1) is 14.9. The summed E-state index contributed by atoms with van der Waals surface area (Å²) < 4.78 is 1.47. The molecule has 4 heterocycles. The van der Waals surface area contributed by atoms with E-state index in [1.807, 2.05) is 29.7 Å². The number of hydrogen-bond acceptors (Lipinski definition) is 4. The molecule has 2 amide bonds. The van der Waals surface area contributed by atoms with Gasteiger partial charge in [-0.05, 0) is 52.4 Å². The van der Waals surface area contributed by atoms with E-state index < -0.39 is 0 Å². The number of aryl methyl sites for hydroxylation is 1. The fourth-order valence-corrected chi connectivity index (χ4v) is 5.08. The normalized spacial score (nSPS) is 21.8. The minimum Gasteiger partial charge on any atom is -0.340 e. The molecule has 0 spiro atoms. The highest BCUT2D eigenvalue weighted by Crippen LogP contribution is 2.31. The Kier molecular flexibility index (Phi) is 6.16. The summed E-state index contributed by atoms with van der Waals surface area (Å²) in [5.41, 5.74) is 2.51. The van der Waals surface area contributed by atoms with Crippen molar-refractivity contribution in [1.29, 1.82) is 0 Å². The van der Waals surface area contributed by atoms with Gasteiger partial charge in [-0.15, -0.1) is 0 Å². The number of aromatic nitrogens is 3. The molecule has 2 saturated heterocycles. The van der Waals surface area contributed by atoms with Crippen molar-refractivity contribution >= 4 is 17.5 Å². The third-order valence-electron chi connectivity index (χ3n) is 6.88. The van der Waals surface area contributed by atoms with Crippen LogP contribution < -0.4 is 5.56 Å². The number of H-pyrrole nitrogens is 1. The lowest BCUT2D eigenvalue weighted by Gasteiger charge is -2.33. The number of fused-ring (bicyclic) bond motifs is 1. The molecule has 0 radical (unpaired) electrons. The molecule has 0 aliphatic carbocycles. The van der Waals surface area contributed by atoms with E-state index in [9.17, 15) is 14.4 Å². The van der Waals surface area contributed by atoms with E-state index in [0.717, 1.165) is 44.5 Å². The summed E-state index contributed by atoms with van der Waals surface area (Å²) in [5.74, 6) is 0.242. The maximum absolute atomic E-state index is 13.2. The number of nitrogens with zero attached hydrogens (tertiary/aromatic N) is 4. The summed E-state index contributed by atoms with van der Waals surface area (Å²) in [7, 11) is 0. The van der Waals surface area contributed by atoms with E-state index in [2.05, 4.69) is 17.0 Å². The average Bonchev–Trinajstić information content (AvgIpc) is 3.40.